The van der Waals surface area contributed by atoms with Crippen LogP contribution in [0.3, 0.4) is 0 Å². The molecule has 2 amide bonds. The fourth-order valence-electron chi connectivity index (χ4n) is 5.89. The van der Waals surface area contributed by atoms with Crippen LogP contribution in [0.5, 0.6) is 0 Å². The first-order chi connectivity index (χ1) is 18.9. The second-order valence-corrected chi connectivity index (χ2v) is 11.1. The Bertz CT molecular complexity index is 1780. The lowest BCUT2D eigenvalue weighted by molar-refractivity contribution is -0.117. The molecule has 5 aromatic rings. The Hall–Kier alpha value is -4.46. The van der Waals surface area contributed by atoms with E-state index in [1.165, 1.54) is 11.1 Å². The quantitative estimate of drug-likeness (QED) is 0.334. The summed E-state index contributed by atoms with van der Waals surface area (Å²) >= 11 is 0. The van der Waals surface area contributed by atoms with E-state index in [-0.39, 0.29) is 17.7 Å². The first-order valence-corrected chi connectivity index (χ1v) is 13.6. The summed E-state index contributed by atoms with van der Waals surface area (Å²) < 4.78 is 3.68. The lowest BCUT2D eigenvalue weighted by Crippen LogP contribution is -2.45. The molecule has 2 aliphatic carbocycles. The average molecular weight is 519 g/mol. The van der Waals surface area contributed by atoms with Gasteiger partial charge in [0, 0.05) is 35.6 Å². The molecule has 39 heavy (non-hydrogen) atoms. The number of amides is 2. The molecule has 0 saturated heterocycles. The van der Waals surface area contributed by atoms with Gasteiger partial charge in [-0.2, -0.15) is 5.10 Å². The summed E-state index contributed by atoms with van der Waals surface area (Å²) in [6, 6.07) is 18.3. The van der Waals surface area contributed by atoms with Crippen LogP contribution in [0.4, 0.5) is 5.82 Å². The Balaban J connectivity index is 1.21. The number of nitrogens with one attached hydrogen (secondary N) is 2. The van der Waals surface area contributed by atoms with E-state index in [0.29, 0.717) is 17.0 Å². The highest BCUT2D eigenvalue weighted by molar-refractivity contribution is 6.08. The number of nitrogens with zero attached hydrogens (tertiary/aromatic N) is 4. The zero-order chi connectivity index (χ0) is 26.7. The van der Waals surface area contributed by atoms with Crippen molar-refractivity contribution in [3.8, 4) is 11.3 Å². The summed E-state index contributed by atoms with van der Waals surface area (Å²) in [5, 5.41) is 11.9. The molecular formula is C31H30N6O2. The van der Waals surface area contributed by atoms with Crippen LogP contribution < -0.4 is 10.6 Å². The van der Waals surface area contributed by atoms with Crippen LogP contribution in [-0.2, 0) is 23.8 Å². The summed E-state index contributed by atoms with van der Waals surface area (Å²) in [6.07, 6.45) is 8.52. The molecule has 2 aromatic carbocycles. The minimum absolute atomic E-state index is 0.0181. The highest BCUT2D eigenvalue weighted by Crippen LogP contribution is 2.36. The van der Waals surface area contributed by atoms with Gasteiger partial charge in [-0.3, -0.25) is 9.59 Å². The molecule has 0 radical (unpaired) electrons. The van der Waals surface area contributed by atoms with Crippen molar-refractivity contribution in [3.63, 3.8) is 0 Å². The number of hydrogen-bond donors (Lipinski definition) is 2. The fraction of sp³-hybridized carbons (Fsp3) is 0.290. The van der Waals surface area contributed by atoms with Crippen molar-refractivity contribution < 1.29 is 9.59 Å². The standard InChI is InChI=1S/C31H30N6O2/c1-31(15-5-7-19-6-3-4-8-24(19)31)34-30(39)23-17-36(2)26-13-11-21(16-22(23)26)25-12-14-28-32-27(18-37(28)35-25)33-29(38)20-9-10-20/h3-4,6,8,11-14,16-18,20H,5,7,9-10,15H2,1-2H3,(H,33,38)(H,34,39)/t31-/m1/s1. The smallest absolute Gasteiger partial charge is 0.254 e. The van der Waals surface area contributed by atoms with E-state index in [4.69, 9.17) is 5.10 Å². The van der Waals surface area contributed by atoms with Crippen LogP contribution in [0.2, 0.25) is 0 Å². The largest absolute Gasteiger partial charge is 0.350 e. The van der Waals surface area contributed by atoms with E-state index in [0.717, 1.165) is 54.3 Å². The molecule has 7 rings (SSSR count). The summed E-state index contributed by atoms with van der Waals surface area (Å²) in [5.41, 5.74) is 6.04. The van der Waals surface area contributed by atoms with E-state index in [1.807, 2.05) is 54.2 Å². The molecule has 1 saturated carbocycles. The van der Waals surface area contributed by atoms with E-state index in [9.17, 15) is 9.59 Å². The highest BCUT2D eigenvalue weighted by Gasteiger charge is 2.34. The maximum atomic E-state index is 13.7. The van der Waals surface area contributed by atoms with Crippen LogP contribution in [0.1, 0.15) is 54.1 Å². The van der Waals surface area contributed by atoms with Gasteiger partial charge in [-0.15, -0.1) is 0 Å². The minimum atomic E-state index is -0.410. The van der Waals surface area contributed by atoms with Crippen LogP contribution in [-0.4, -0.2) is 31.0 Å². The number of fused-ring (bicyclic) bond motifs is 3. The van der Waals surface area contributed by atoms with Crippen molar-refractivity contribution in [3.05, 3.63) is 83.7 Å². The lowest BCUT2D eigenvalue weighted by Gasteiger charge is -2.36. The number of anilines is 1. The van der Waals surface area contributed by atoms with E-state index in [1.54, 1.807) is 10.7 Å². The van der Waals surface area contributed by atoms with Crippen molar-refractivity contribution in [2.24, 2.45) is 13.0 Å². The van der Waals surface area contributed by atoms with Crippen molar-refractivity contribution in [2.75, 3.05) is 5.32 Å². The molecule has 0 spiro atoms. The molecule has 196 valence electrons. The number of aryl methyl sites for hydroxylation is 2. The first kappa shape index (κ1) is 23.6. The minimum Gasteiger partial charge on any atom is -0.350 e. The van der Waals surface area contributed by atoms with Crippen molar-refractivity contribution >= 4 is 34.2 Å². The number of imidazole rings is 1. The van der Waals surface area contributed by atoms with Gasteiger partial charge in [-0.1, -0.05) is 30.3 Å². The second-order valence-electron chi connectivity index (χ2n) is 11.1. The molecule has 3 aromatic heterocycles. The van der Waals surface area contributed by atoms with Gasteiger partial charge in [0.2, 0.25) is 5.91 Å². The molecule has 8 heteroatoms. The van der Waals surface area contributed by atoms with Crippen molar-refractivity contribution in [1.29, 1.82) is 0 Å². The molecule has 3 heterocycles. The van der Waals surface area contributed by atoms with Gasteiger partial charge in [-0.25, -0.2) is 9.50 Å². The zero-order valence-corrected chi connectivity index (χ0v) is 22.1. The Labute approximate surface area is 226 Å². The van der Waals surface area contributed by atoms with Gasteiger partial charge in [-0.05, 0) is 74.4 Å². The predicted octanol–water partition coefficient (Wildman–Crippen LogP) is 5.22. The summed E-state index contributed by atoms with van der Waals surface area (Å²) in [5.74, 6) is 0.556. The van der Waals surface area contributed by atoms with Crippen molar-refractivity contribution in [2.45, 2.75) is 44.6 Å². The summed E-state index contributed by atoms with van der Waals surface area (Å²) in [7, 11) is 1.96. The number of benzene rings is 2. The van der Waals surface area contributed by atoms with Gasteiger partial charge >= 0.3 is 0 Å². The third-order valence-electron chi connectivity index (χ3n) is 8.17. The van der Waals surface area contributed by atoms with Crippen molar-refractivity contribution in [1.82, 2.24) is 24.5 Å². The van der Waals surface area contributed by atoms with Crippen LogP contribution in [0.15, 0.2) is 67.0 Å². The normalized spacial score (nSPS) is 18.7. The Morgan fingerprint density at radius 2 is 1.90 bits per heavy atom. The topological polar surface area (TPSA) is 93.3 Å². The third-order valence-corrected chi connectivity index (χ3v) is 8.17. The molecule has 0 aliphatic heterocycles. The summed E-state index contributed by atoms with van der Waals surface area (Å²) in [6.45, 7) is 2.13. The van der Waals surface area contributed by atoms with E-state index >= 15 is 0 Å². The fourth-order valence-corrected chi connectivity index (χ4v) is 5.89. The van der Waals surface area contributed by atoms with Crippen LogP contribution in [0, 0.1) is 5.92 Å². The van der Waals surface area contributed by atoms with Gasteiger partial charge in [0.25, 0.3) is 5.91 Å². The van der Waals surface area contributed by atoms with E-state index in [2.05, 4.69) is 40.7 Å². The van der Waals surface area contributed by atoms with Crippen LogP contribution in [0.25, 0.3) is 27.8 Å². The first-order valence-electron chi connectivity index (χ1n) is 13.6. The third kappa shape index (κ3) is 4.16. The number of rotatable bonds is 5. The van der Waals surface area contributed by atoms with Gasteiger partial charge in [0.05, 0.1) is 23.0 Å². The molecule has 1 atom stereocenters. The molecular weight excluding hydrogens is 488 g/mol. The Morgan fingerprint density at radius 3 is 2.74 bits per heavy atom. The lowest BCUT2D eigenvalue weighted by atomic mass is 9.77. The van der Waals surface area contributed by atoms with Gasteiger partial charge in [0.15, 0.2) is 11.5 Å². The zero-order valence-electron chi connectivity index (χ0n) is 22.1. The molecule has 1 fully saturated rings. The Kier molecular flexibility index (Phi) is 5.33. The monoisotopic (exact) mass is 518 g/mol. The molecule has 2 N–H and O–H groups in total. The Morgan fingerprint density at radius 1 is 1.05 bits per heavy atom. The van der Waals surface area contributed by atoms with E-state index < -0.39 is 5.54 Å². The predicted molar refractivity (Wildman–Crippen MR) is 150 cm³/mol. The number of carbonyl (C=O) groups excluding carboxylic acids is 2. The molecule has 8 nitrogen and oxygen atoms in total. The van der Waals surface area contributed by atoms with Crippen LogP contribution >= 0.6 is 0 Å². The highest BCUT2D eigenvalue weighted by atomic mass is 16.2. The van der Waals surface area contributed by atoms with Gasteiger partial charge in [0.1, 0.15) is 0 Å². The maximum Gasteiger partial charge on any atom is 0.254 e. The van der Waals surface area contributed by atoms with Gasteiger partial charge < -0.3 is 15.2 Å². The summed E-state index contributed by atoms with van der Waals surface area (Å²) in [4.78, 5) is 30.4. The molecule has 0 bridgehead atoms. The molecule has 2 aliphatic rings. The number of carbonyl (C=O) groups is 2. The number of hydrogen-bond acceptors (Lipinski definition) is 4. The maximum absolute atomic E-state index is 13.7. The second kappa shape index (κ2) is 8.80. The molecule has 0 unspecified atom stereocenters. The number of aromatic nitrogens is 4. The average Bonchev–Trinajstić information content (AvgIpc) is 3.63. The SMILES string of the molecule is Cn1cc(C(=O)N[C@]2(C)CCCc3ccccc32)c2cc(-c3ccc4nc(NC(=O)C5CC5)cn4n3)ccc21.